The number of carbonyl (C=O) groups excluding carboxylic acids is 1. The van der Waals surface area contributed by atoms with E-state index in [0.717, 1.165) is 24.3 Å². The number of nitrogens with zero attached hydrogens (tertiary/aromatic N) is 1. The molecule has 0 bridgehead atoms. The summed E-state index contributed by atoms with van der Waals surface area (Å²) in [5.41, 5.74) is 6.82. The van der Waals surface area contributed by atoms with E-state index in [-0.39, 0.29) is 18.1 Å². The van der Waals surface area contributed by atoms with Crippen molar-refractivity contribution in [3.05, 3.63) is 29.8 Å². The summed E-state index contributed by atoms with van der Waals surface area (Å²) in [5.74, 6) is 0.764. The normalized spacial score (nSPS) is 21.7. The Morgan fingerprint density at radius 3 is 2.76 bits per heavy atom. The summed E-state index contributed by atoms with van der Waals surface area (Å²) in [6.45, 7) is 2.66. The average Bonchev–Trinajstić information content (AvgIpc) is 2.61. The summed E-state index contributed by atoms with van der Waals surface area (Å²) in [5, 5.41) is 0. The monoisotopic (exact) mass is 234 g/mol. The van der Waals surface area contributed by atoms with Crippen LogP contribution >= 0.6 is 0 Å². The third-order valence-electron chi connectivity index (χ3n) is 3.06. The van der Waals surface area contributed by atoms with Gasteiger partial charge in [0.2, 0.25) is 0 Å². The summed E-state index contributed by atoms with van der Waals surface area (Å²) in [6, 6.07) is 7.52. The molecule has 2 rings (SSSR count). The summed E-state index contributed by atoms with van der Waals surface area (Å²) in [7, 11) is 1.79. The Labute approximate surface area is 101 Å². The second-order valence-corrected chi connectivity index (χ2v) is 4.48. The molecular formula is C13H18N2O2. The van der Waals surface area contributed by atoms with Crippen molar-refractivity contribution in [2.45, 2.75) is 25.5 Å². The highest BCUT2D eigenvalue weighted by molar-refractivity contribution is 5.83. The van der Waals surface area contributed by atoms with Crippen LogP contribution in [-0.2, 0) is 4.79 Å². The van der Waals surface area contributed by atoms with Crippen LogP contribution in [0.2, 0.25) is 0 Å². The molecule has 0 spiro atoms. The molecule has 1 fully saturated rings. The van der Waals surface area contributed by atoms with Crippen LogP contribution in [0, 0.1) is 0 Å². The lowest BCUT2D eigenvalue weighted by atomic mass is 10.1. The molecule has 0 saturated carbocycles. The van der Waals surface area contributed by atoms with E-state index in [0.29, 0.717) is 0 Å². The maximum atomic E-state index is 11.8. The molecule has 1 amide bonds. The van der Waals surface area contributed by atoms with Gasteiger partial charge in [0, 0.05) is 31.6 Å². The third-order valence-corrected chi connectivity index (χ3v) is 3.06. The second kappa shape index (κ2) is 4.75. The van der Waals surface area contributed by atoms with E-state index in [1.807, 2.05) is 31.2 Å². The number of likely N-dealkylation sites (N-methyl/N-ethyl adjacent to an activating group) is 1. The Balaban J connectivity index is 2.16. The predicted octanol–water partition coefficient (Wildman–Crippen LogP) is 1.32. The van der Waals surface area contributed by atoms with Gasteiger partial charge in [-0.2, -0.15) is 0 Å². The molecule has 1 aromatic rings. The van der Waals surface area contributed by atoms with Crippen molar-refractivity contribution in [1.82, 2.24) is 4.90 Å². The van der Waals surface area contributed by atoms with Crippen LogP contribution < -0.4 is 10.5 Å². The first kappa shape index (κ1) is 11.9. The van der Waals surface area contributed by atoms with Gasteiger partial charge in [0.1, 0.15) is 5.75 Å². The molecule has 2 N–H and O–H groups in total. The largest absolute Gasteiger partial charge is 0.480 e. The van der Waals surface area contributed by atoms with Gasteiger partial charge in [0.05, 0.1) is 0 Å². The van der Waals surface area contributed by atoms with Gasteiger partial charge in [-0.15, -0.1) is 0 Å². The highest BCUT2D eigenvalue weighted by Gasteiger charge is 2.31. The van der Waals surface area contributed by atoms with E-state index < -0.39 is 0 Å². The second-order valence-electron chi connectivity index (χ2n) is 4.48. The predicted molar refractivity (Wildman–Crippen MR) is 65.7 cm³/mol. The molecule has 2 unspecified atom stereocenters. The van der Waals surface area contributed by atoms with Gasteiger partial charge >= 0.3 is 0 Å². The minimum Gasteiger partial charge on any atom is -0.480 e. The number of rotatable bonds is 3. The molecule has 2 atom stereocenters. The van der Waals surface area contributed by atoms with Crippen molar-refractivity contribution in [2.24, 2.45) is 5.73 Å². The van der Waals surface area contributed by atoms with Crippen LogP contribution in [0.3, 0.4) is 0 Å². The molecule has 92 valence electrons. The zero-order valence-corrected chi connectivity index (χ0v) is 10.2. The zero-order valence-electron chi connectivity index (χ0n) is 10.2. The van der Waals surface area contributed by atoms with Crippen molar-refractivity contribution in [2.75, 3.05) is 13.6 Å². The Morgan fingerprint density at radius 1 is 1.47 bits per heavy atom. The van der Waals surface area contributed by atoms with Crippen LogP contribution in [0.15, 0.2) is 24.3 Å². The quantitative estimate of drug-likeness (QED) is 0.858. The first-order valence-corrected chi connectivity index (χ1v) is 5.85. The number of benzene rings is 1. The molecule has 4 heteroatoms. The molecule has 1 aliphatic heterocycles. The molecular weight excluding hydrogens is 216 g/mol. The fourth-order valence-electron chi connectivity index (χ4n) is 2.02. The summed E-state index contributed by atoms with van der Waals surface area (Å²) >= 11 is 0. The molecule has 4 nitrogen and oxygen atoms in total. The first-order chi connectivity index (χ1) is 8.09. The topological polar surface area (TPSA) is 55.6 Å². The SMILES string of the molecule is CC(N)c1ccccc1OC1CCN(C)C1=O. The van der Waals surface area contributed by atoms with Gasteiger partial charge in [-0.25, -0.2) is 0 Å². The Morgan fingerprint density at radius 2 is 2.18 bits per heavy atom. The van der Waals surface area contributed by atoms with Gasteiger partial charge in [0.15, 0.2) is 6.10 Å². The minimum atomic E-state index is -0.361. The first-order valence-electron chi connectivity index (χ1n) is 5.85. The van der Waals surface area contributed by atoms with Crippen LogP contribution in [0.1, 0.15) is 24.9 Å². The molecule has 1 saturated heterocycles. The number of carbonyl (C=O) groups is 1. The van der Waals surface area contributed by atoms with Crippen molar-refractivity contribution < 1.29 is 9.53 Å². The summed E-state index contributed by atoms with van der Waals surface area (Å²) in [6.07, 6.45) is 0.378. The number of likely N-dealkylation sites (tertiary alicyclic amines) is 1. The molecule has 1 aromatic carbocycles. The Bertz CT molecular complexity index is 418. The lowest BCUT2D eigenvalue weighted by Gasteiger charge is -2.17. The average molecular weight is 234 g/mol. The zero-order chi connectivity index (χ0) is 12.4. The van der Waals surface area contributed by atoms with E-state index in [4.69, 9.17) is 10.5 Å². The molecule has 0 aromatic heterocycles. The Kier molecular flexibility index (Phi) is 3.33. The number of hydrogen-bond acceptors (Lipinski definition) is 3. The van der Waals surface area contributed by atoms with Crippen molar-refractivity contribution in [3.8, 4) is 5.75 Å². The molecule has 0 radical (unpaired) electrons. The maximum absolute atomic E-state index is 11.8. The van der Waals surface area contributed by atoms with Gasteiger partial charge in [-0.05, 0) is 13.0 Å². The van der Waals surface area contributed by atoms with Crippen molar-refractivity contribution in [1.29, 1.82) is 0 Å². The maximum Gasteiger partial charge on any atom is 0.263 e. The van der Waals surface area contributed by atoms with Crippen molar-refractivity contribution in [3.63, 3.8) is 0 Å². The number of hydrogen-bond donors (Lipinski definition) is 1. The molecule has 1 aliphatic rings. The lowest BCUT2D eigenvalue weighted by Crippen LogP contribution is -2.29. The summed E-state index contributed by atoms with van der Waals surface area (Å²) < 4.78 is 5.78. The highest BCUT2D eigenvalue weighted by Crippen LogP contribution is 2.26. The molecule has 0 aliphatic carbocycles. The molecule has 17 heavy (non-hydrogen) atoms. The number of nitrogens with two attached hydrogens (primary N) is 1. The standard InChI is InChI=1S/C13H18N2O2/c1-9(14)10-5-3-4-6-11(10)17-12-7-8-15(2)13(12)16/h3-6,9,12H,7-8,14H2,1-2H3. The number of ether oxygens (including phenoxy) is 1. The van der Waals surface area contributed by atoms with E-state index in [9.17, 15) is 4.79 Å². The smallest absolute Gasteiger partial charge is 0.263 e. The van der Waals surface area contributed by atoms with E-state index in [2.05, 4.69) is 0 Å². The van der Waals surface area contributed by atoms with Gasteiger partial charge in [-0.1, -0.05) is 18.2 Å². The fraction of sp³-hybridized carbons (Fsp3) is 0.462. The number of para-hydroxylation sites is 1. The van der Waals surface area contributed by atoms with Crippen LogP contribution in [-0.4, -0.2) is 30.5 Å². The van der Waals surface area contributed by atoms with Gasteiger partial charge in [0.25, 0.3) is 5.91 Å². The van der Waals surface area contributed by atoms with E-state index in [1.165, 1.54) is 0 Å². The van der Waals surface area contributed by atoms with Crippen molar-refractivity contribution >= 4 is 5.91 Å². The van der Waals surface area contributed by atoms with Crippen LogP contribution in [0.5, 0.6) is 5.75 Å². The van der Waals surface area contributed by atoms with Crippen LogP contribution in [0.4, 0.5) is 0 Å². The fourth-order valence-corrected chi connectivity index (χ4v) is 2.02. The van der Waals surface area contributed by atoms with Gasteiger partial charge < -0.3 is 15.4 Å². The lowest BCUT2D eigenvalue weighted by molar-refractivity contribution is -0.132. The van der Waals surface area contributed by atoms with Gasteiger partial charge in [-0.3, -0.25) is 4.79 Å². The highest BCUT2D eigenvalue weighted by atomic mass is 16.5. The molecule has 1 heterocycles. The summed E-state index contributed by atoms with van der Waals surface area (Å²) in [4.78, 5) is 13.5. The van der Waals surface area contributed by atoms with E-state index >= 15 is 0 Å². The minimum absolute atomic E-state index is 0.0458. The Hall–Kier alpha value is -1.55. The number of amides is 1. The van der Waals surface area contributed by atoms with Crippen LogP contribution in [0.25, 0.3) is 0 Å². The third kappa shape index (κ3) is 2.42. The van der Waals surface area contributed by atoms with E-state index in [1.54, 1.807) is 11.9 Å².